The maximum Gasteiger partial charge on any atom is 0.307 e. The zero-order valence-corrected chi connectivity index (χ0v) is 9.68. The smallest absolute Gasteiger partial charge is 0.307 e. The highest BCUT2D eigenvalue weighted by Gasteiger charge is 2.04. The first-order valence-corrected chi connectivity index (χ1v) is 5.36. The molecule has 0 aliphatic carbocycles. The van der Waals surface area contributed by atoms with Gasteiger partial charge in [0.15, 0.2) is 0 Å². The van der Waals surface area contributed by atoms with Crippen molar-refractivity contribution in [1.29, 1.82) is 0 Å². The van der Waals surface area contributed by atoms with Gasteiger partial charge in [-0.3, -0.25) is 4.79 Å². The Kier molecular flexibility index (Phi) is 5.05. The monoisotopic (exact) mass is 245 g/mol. The van der Waals surface area contributed by atoms with E-state index in [-0.39, 0.29) is 12.4 Å². The first kappa shape index (κ1) is 12.8. The molecule has 16 heavy (non-hydrogen) atoms. The second kappa shape index (κ2) is 6.33. The summed E-state index contributed by atoms with van der Waals surface area (Å²) >= 11 is 5.60. The van der Waals surface area contributed by atoms with Crippen LogP contribution in [0.2, 0.25) is 5.02 Å². The summed E-state index contributed by atoms with van der Waals surface area (Å²) in [7, 11) is 0. The first-order valence-electron chi connectivity index (χ1n) is 4.98. The average Bonchev–Trinajstić information content (AvgIpc) is 2.22. The standard InChI is InChI=1S/C11H13ClFNO2/c1-2-16-11(15)5-6-14-10-4-3-8(12)7-9(10)13/h3-4,7,14H,2,5-6H2,1H3. The molecular formula is C11H13ClFNO2. The summed E-state index contributed by atoms with van der Waals surface area (Å²) in [5.41, 5.74) is 0.327. The Morgan fingerprint density at radius 2 is 2.31 bits per heavy atom. The van der Waals surface area contributed by atoms with E-state index in [1.165, 1.54) is 12.1 Å². The Hall–Kier alpha value is -1.29. The summed E-state index contributed by atoms with van der Waals surface area (Å²) < 4.78 is 18.0. The highest BCUT2D eigenvalue weighted by molar-refractivity contribution is 6.30. The number of carbonyl (C=O) groups excluding carboxylic acids is 1. The van der Waals surface area contributed by atoms with E-state index in [9.17, 15) is 9.18 Å². The molecule has 0 aliphatic rings. The van der Waals surface area contributed by atoms with Crippen molar-refractivity contribution in [1.82, 2.24) is 0 Å². The number of benzene rings is 1. The fraction of sp³-hybridized carbons (Fsp3) is 0.364. The molecule has 1 N–H and O–H groups in total. The number of hydrogen-bond acceptors (Lipinski definition) is 3. The fourth-order valence-corrected chi connectivity index (χ4v) is 1.32. The topological polar surface area (TPSA) is 38.3 Å². The molecule has 0 amide bonds. The highest BCUT2D eigenvalue weighted by Crippen LogP contribution is 2.18. The minimum atomic E-state index is -0.434. The number of ether oxygens (including phenoxy) is 1. The average molecular weight is 246 g/mol. The number of halogens is 2. The van der Waals surface area contributed by atoms with Crippen LogP contribution < -0.4 is 5.32 Å². The van der Waals surface area contributed by atoms with Crippen molar-refractivity contribution in [2.75, 3.05) is 18.5 Å². The van der Waals surface area contributed by atoms with E-state index in [4.69, 9.17) is 16.3 Å². The molecule has 0 spiro atoms. The third-order valence-corrected chi connectivity index (χ3v) is 2.12. The van der Waals surface area contributed by atoms with Gasteiger partial charge in [0.2, 0.25) is 0 Å². The number of rotatable bonds is 5. The summed E-state index contributed by atoms with van der Waals surface area (Å²) in [5.74, 6) is -0.735. The maximum absolute atomic E-state index is 13.3. The molecule has 0 radical (unpaired) electrons. The molecule has 1 aromatic rings. The lowest BCUT2D eigenvalue weighted by Crippen LogP contribution is -2.11. The molecule has 88 valence electrons. The Labute approximate surface area is 98.5 Å². The molecule has 0 saturated heterocycles. The van der Waals surface area contributed by atoms with E-state index in [0.717, 1.165) is 0 Å². The van der Waals surface area contributed by atoms with Crippen LogP contribution in [0, 0.1) is 5.82 Å². The Balaban J connectivity index is 2.40. The number of esters is 1. The van der Waals surface area contributed by atoms with Gasteiger partial charge in [0.05, 0.1) is 18.7 Å². The number of carbonyl (C=O) groups is 1. The van der Waals surface area contributed by atoms with Crippen molar-refractivity contribution in [3.8, 4) is 0 Å². The van der Waals surface area contributed by atoms with Gasteiger partial charge in [0.1, 0.15) is 5.82 Å². The van der Waals surface area contributed by atoms with Gasteiger partial charge >= 0.3 is 5.97 Å². The van der Waals surface area contributed by atoms with E-state index in [2.05, 4.69) is 5.32 Å². The van der Waals surface area contributed by atoms with Crippen molar-refractivity contribution in [3.05, 3.63) is 29.0 Å². The number of anilines is 1. The van der Waals surface area contributed by atoms with E-state index in [1.807, 2.05) is 0 Å². The second-order valence-corrected chi connectivity index (χ2v) is 3.54. The van der Waals surface area contributed by atoms with Gasteiger partial charge in [0.25, 0.3) is 0 Å². The maximum atomic E-state index is 13.3. The number of hydrogen-bond donors (Lipinski definition) is 1. The molecule has 0 heterocycles. The predicted octanol–water partition coefficient (Wildman–Crippen LogP) is 2.84. The SMILES string of the molecule is CCOC(=O)CCNc1ccc(Cl)cc1F. The van der Waals surface area contributed by atoms with E-state index >= 15 is 0 Å². The van der Waals surface area contributed by atoms with Crippen LogP contribution in [-0.2, 0) is 9.53 Å². The van der Waals surface area contributed by atoms with Gasteiger partial charge in [-0.25, -0.2) is 4.39 Å². The second-order valence-electron chi connectivity index (χ2n) is 3.11. The van der Waals surface area contributed by atoms with Crippen molar-refractivity contribution < 1.29 is 13.9 Å². The number of nitrogens with one attached hydrogen (secondary N) is 1. The van der Waals surface area contributed by atoms with Crippen LogP contribution in [0.4, 0.5) is 10.1 Å². The lowest BCUT2D eigenvalue weighted by atomic mass is 10.3. The van der Waals surface area contributed by atoms with Gasteiger partial charge in [0, 0.05) is 11.6 Å². The third kappa shape index (κ3) is 4.06. The molecule has 0 saturated carbocycles. The minimum absolute atomic E-state index is 0.204. The molecule has 1 aromatic carbocycles. The first-order chi connectivity index (χ1) is 7.63. The quantitative estimate of drug-likeness (QED) is 0.811. The molecule has 1 rings (SSSR count). The van der Waals surface area contributed by atoms with Gasteiger partial charge < -0.3 is 10.1 Å². The Bertz CT molecular complexity index is 371. The van der Waals surface area contributed by atoms with Gasteiger partial charge in [-0.05, 0) is 25.1 Å². The zero-order chi connectivity index (χ0) is 12.0. The molecule has 0 aromatic heterocycles. The lowest BCUT2D eigenvalue weighted by Gasteiger charge is -2.07. The van der Waals surface area contributed by atoms with E-state index < -0.39 is 5.82 Å². The largest absolute Gasteiger partial charge is 0.466 e. The molecule has 5 heteroatoms. The molecule has 3 nitrogen and oxygen atoms in total. The summed E-state index contributed by atoms with van der Waals surface area (Å²) in [6.07, 6.45) is 0.204. The van der Waals surface area contributed by atoms with Crippen LogP contribution >= 0.6 is 11.6 Å². The van der Waals surface area contributed by atoms with E-state index in [1.54, 1.807) is 13.0 Å². The summed E-state index contributed by atoms with van der Waals surface area (Å²) in [6.45, 7) is 2.43. The molecular weight excluding hydrogens is 233 g/mol. The van der Waals surface area contributed by atoms with Crippen molar-refractivity contribution in [2.45, 2.75) is 13.3 Å². The van der Waals surface area contributed by atoms with Crippen molar-refractivity contribution in [3.63, 3.8) is 0 Å². The minimum Gasteiger partial charge on any atom is -0.466 e. The van der Waals surface area contributed by atoms with Crippen molar-refractivity contribution >= 4 is 23.3 Å². The molecule has 0 bridgehead atoms. The van der Waals surface area contributed by atoms with Crippen LogP contribution in [0.1, 0.15) is 13.3 Å². The normalized spacial score (nSPS) is 9.94. The lowest BCUT2D eigenvalue weighted by molar-refractivity contribution is -0.142. The van der Waals surface area contributed by atoms with Gasteiger partial charge in [-0.2, -0.15) is 0 Å². The van der Waals surface area contributed by atoms with E-state index in [0.29, 0.717) is 23.9 Å². The zero-order valence-electron chi connectivity index (χ0n) is 8.93. The summed E-state index contributed by atoms with van der Waals surface area (Å²) in [6, 6.07) is 4.33. The van der Waals surface area contributed by atoms with Crippen molar-refractivity contribution in [2.24, 2.45) is 0 Å². The van der Waals surface area contributed by atoms with Crippen LogP contribution in [-0.4, -0.2) is 19.1 Å². The Morgan fingerprint density at radius 3 is 2.94 bits per heavy atom. The van der Waals surface area contributed by atoms with Gasteiger partial charge in [-0.1, -0.05) is 11.6 Å². The van der Waals surface area contributed by atoms with Crippen LogP contribution in [0.25, 0.3) is 0 Å². The fourth-order valence-electron chi connectivity index (χ4n) is 1.17. The third-order valence-electron chi connectivity index (χ3n) is 1.88. The molecule has 0 aliphatic heterocycles. The molecule has 0 unspecified atom stereocenters. The van der Waals surface area contributed by atoms with Crippen LogP contribution in [0.5, 0.6) is 0 Å². The Morgan fingerprint density at radius 1 is 1.56 bits per heavy atom. The summed E-state index contributed by atoms with van der Waals surface area (Å²) in [5, 5.41) is 3.14. The van der Waals surface area contributed by atoms with Crippen LogP contribution in [0.3, 0.4) is 0 Å². The van der Waals surface area contributed by atoms with Crippen LogP contribution in [0.15, 0.2) is 18.2 Å². The molecule has 0 atom stereocenters. The molecule has 0 fully saturated rings. The predicted molar refractivity (Wildman–Crippen MR) is 61.1 cm³/mol. The summed E-state index contributed by atoms with van der Waals surface area (Å²) in [4.78, 5) is 11.0. The van der Waals surface area contributed by atoms with Gasteiger partial charge in [-0.15, -0.1) is 0 Å². The highest BCUT2D eigenvalue weighted by atomic mass is 35.5.